The van der Waals surface area contributed by atoms with Crippen LogP contribution in [0.15, 0.2) is 54.6 Å². The van der Waals surface area contributed by atoms with Gasteiger partial charge in [-0.2, -0.15) is 0 Å². The van der Waals surface area contributed by atoms with Crippen LogP contribution < -0.4 is 0 Å². The summed E-state index contributed by atoms with van der Waals surface area (Å²) in [5.41, 5.74) is 1.41. The molecule has 1 fully saturated rings. The van der Waals surface area contributed by atoms with Crippen molar-refractivity contribution < 1.29 is 19.1 Å². The summed E-state index contributed by atoms with van der Waals surface area (Å²) >= 11 is 0. The lowest BCUT2D eigenvalue weighted by atomic mass is 9.90. The van der Waals surface area contributed by atoms with E-state index in [0.717, 1.165) is 18.4 Å². The predicted molar refractivity (Wildman–Crippen MR) is 98.9 cm³/mol. The molecule has 0 radical (unpaired) electrons. The zero-order chi connectivity index (χ0) is 18.2. The number of esters is 2. The minimum Gasteiger partial charge on any atom is -0.462 e. The summed E-state index contributed by atoms with van der Waals surface area (Å²) in [6.07, 6.45) is 5.87. The van der Waals surface area contributed by atoms with Crippen LogP contribution in [0.25, 0.3) is 0 Å². The molecule has 26 heavy (non-hydrogen) atoms. The number of benzene rings is 2. The number of carbonyl (C=O) groups excluding carboxylic acids is 2. The Bertz CT molecular complexity index is 733. The van der Waals surface area contributed by atoms with Gasteiger partial charge in [0, 0.05) is 0 Å². The standard InChI is InChI=1S/C22H24O4/c23-21(25-15-17-9-3-1-4-10-17)19-13-7-8-14-20(19)22(24)26-16-18-11-5-2-6-12-18/h1,3-4,7-10,13-14,18H,2,5-6,11-12,15-16H2. The van der Waals surface area contributed by atoms with Gasteiger partial charge in [0.15, 0.2) is 0 Å². The van der Waals surface area contributed by atoms with Crippen LogP contribution in [-0.2, 0) is 16.1 Å². The van der Waals surface area contributed by atoms with Gasteiger partial charge in [0.1, 0.15) is 6.61 Å². The van der Waals surface area contributed by atoms with Gasteiger partial charge in [-0.25, -0.2) is 9.59 Å². The van der Waals surface area contributed by atoms with E-state index >= 15 is 0 Å². The molecule has 2 aromatic carbocycles. The molecule has 1 aliphatic rings. The summed E-state index contributed by atoms with van der Waals surface area (Å²) in [7, 11) is 0. The molecule has 3 rings (SSSR count). The van der Waals surface area contributed by atoms with Crippen molar-refractivity contribution >= 4 is 11.9 Å². The fourth-order valence-electron chi connectivity index (χ4n) is 3.27. The minimum absolute atomic E-state index is 0.172. The van der Waals surface area contributed by atoms with Gasteiger partial charge < -0.3 is 9.47 Å². The first-order chi connectivity index (χ1) is 12.7. The van der Waals surface area contributed by atoms with E-state index in [0.29, 0.717) is 12.5 Å². The maximum absolute atomic E-state index is 12.5. The third kappa shape index (κ3) is 4.94. The summed E-state index contributed by atoms with van der Waals surface area (Å²) in [4.78, 5) is 24.9. The fraction of sp³-hybridized carbons (Fsp3) is 0.364. The first kappa shape index (κ1) is 18.2. The SMILES string of the molecule is O=C(OCc1ccccc1)c1ccccc1C(=O)OCC1CCCCC1. The van der Waals surface area contributed by atoms with Crippen molar-refractivity contribution in [3.8, 4) is 0 Å². The van der Waals surface area contributed by atoms with Crippen molar-refractivity contribution in [2.24, 2.45) is 5.92 Å². The highest BCUT2D eigenvalue weighted by Gasteiger charge is 2.21. The highest BCUT2D eigenvalue weighted by molar-refractivity contribution is 6.03. The second kappa shape index (κ2) is 9.18. The highest BCUT2D eigenvalue weighted by atomic mass is 16.5. The van der Waals surface area contributed by atoms with Gasteiger partial charge in [0.2, 0.25) is 0 Å². The van der Waals surface area contributed by atoms with Gasteiger partial charge in [0.05, 0.1) is 17.7 Å². The molecular weight excluding hydrogens is 328 g/mol. The maximum Gasteiger partial charge on any atom is 0.339 e. The molecule has 4 heteroatoms. The van der Waals surface area contributed by atoms with Crippen LogP contribution in [0.4, 0.5) is 0 Å². The van der Waals surface area contributed by atoms with Crippen molar-refractivity contribution in [2.45, 2.75) is 38.7 Å². The highest BCUT2D eigenvalue weighted by Crippen LogP contribution is 2.24. The maximum atomic E-state index is 12.5. The number of hydrogen-bond acceptors (Lipinski definition) is 4. The van der Waals surface area contributed by atoms with E-state index in [4.69, 9.17) is 9.47 Å². The third-order valence-electron chi connectivity index (χ3n) is 4.75. The van der Waals surface area contributed by atoms with Gasteiger partial charge in [0.25, 0.3) is 0 Å². The van der Waals surface area contributed by atoms with Crippen LogP contribution >= 0.6 is 0 Å². The second-order valence-electron chi connectivity index (χ2n) is 6.71. The first-order valence-corrected chi connectivity index (χ1v) is 9.21. The van der Waals surface area contributed by atoms with Crippen molar-refractivity contribution in [1.82, 2.24) is 0 Å². The Balaban J connectivity index is 1.61. The monoisotopic (exact) mass is 352 g/mol. The molecule has 0 aliphatic heterocycles. The molecule has 1 aliphatic carbocycles. The van der Waals surface area contributed by atoms with Crippen molar-refractivity contribution in [1.29, 1.82) is 0 Å². The van der Waals surface area contributed by atoms with E-state index < -0.39 is 11.9 Å². The average Bonchev–Trinajstić information content (AvgIpc) is 2.72. The molecule has 0 amide bonds. The van der Waals surface area contributed by atoms with E-state index in [1.807, 2.05) is 30.3 Å². The molecular formula is C22H24O4. The van der Waals surface area contributed by atoms with Crippen LogP contribution in [0.1, 0.15) is 58.4 Å². The molecule has 0 heterocycles. The normalized spacial score (nSPS) is 14.6. The second-order valence-corrected chi connectivity index (χ2v) is 6.71. The molecule has 0 bridgehead atoms. The van der Waals surface area contributed by atoms with Crippen LogP contribution in [-0.4, -0.2) is 18.5 Å². The van der Waals surface area contributed by atoms with Crippen LogP contribution in [0.3, 0.4) is 0 Å². The number of rotatable bonds is 6. The number of hydrogen-bond donors (Lipinski definition) is 0. The third-order valence-corrected chi connectivity index (χ3v) is 4.75. The molecule has 0 atom stereocenters. The summed E-state index contributed by atoms with van der Waals surface area (Å²) in [6, 6.07) is 16.1. The van der Waals surface area contributed by atoms with Gasteiger partial charge in [-0.3, -0.25) is 0 Å². The Morgan fingerprint density at radius 3 is 2.00 bits per heavy atom. The Morgan fingerprint density at radius 2 is 1.35 bits per heavy atom. The number of carbonyl (C=O) groups is 2. The molecule has 0 aromatic heterocycles. The van der Waals surface area contributed by atoms with Crippen LogP contribution in [0.2, 0.25) is 0 Å². The largest absolute Gasteiger partial charge is 0.462 e. The summed E-state index contributed by atoms with van der Waals surface area (Å²) in [6.45, 7) is 0.595. The summed E-state index contributed by atoms with van der Waals surface area (Å²) < 4.78 is 10.8. The molecule has 1 saturated carbocycles. The smallest absolute Gasteiger partial charge is 0.339 e. The van der Waals surface area contributed by atoms with Crippen molar-refractivity contribution in [3.05, 3.63) is 71.3 Å². The van der Waals surface area contributed by atoms with Gasteiger partial charge in [-0.15, -0.1) is 0 Å². The van der Waals surface area contributed by atoms with Crippen LogP contribution in [0, 0.1) is 5.92 Å². The summed E-state index contributed by atoms with van der Waals surface area (Å²) in [5, 5.41) is 0. The zero-order valence-corrected chi connectivity index (χ0v) is 14.9. The van der Waals surface area contributed by atoms with Crippen molar-refractivity contribution in [2.75, 3.05) is 6.61 Å². The van der Waals surface area contributed by atoms with Crippen LogP contribution in [0.5, 0.6) is 0 Å². The van der Waals surface area contributed by atoms with Gasteiger partial charge in [-0.1, -0.05) is 61.7 Å². The quantitative estimate of drug-likeness (QED) is 0.702. The zero-order valence-electron chi connectivity index (χ0n) is 14.9. The summed E-state index contributed by atoms with van der Waals surface area (Å²) in [5.74, 6) is -0.535. The van der Waals surface area contributed by atoms with E-state index in [1.54, 1.807) is 24.3 Å². The van der Waals surface area contributed by atoms with E-state index in [-0.39, 0.29) is 17.7 Å². The fourth-order valence-corrected chi connectivity index (χ4v) is 3.27. The van der Waals surface area contributed by atoms with Gasteiger partial charge in [-0.05, 0) is 36.5 Å². The first-order valence-electron chi connectivity index (χ1n) is 9.21. The predicted octanol–water partition coefficient (Wildman–Crippen LogP) is 4.78. The Kier molecular flexibility index (Phi) is 6.42. The number of ether oxygens (including phenoxy) is 2. The molecule has 136 valence electrons. The van der Waals surface area contributed by atoms with E-state index in [2.05, 4.69) is 0 Å². The van der Waals surface area contributed by atoms with E-state index in [1.165, 1.54) is 19.3 Å². The molecule has 0 N–H and O–H groups in total. The lowest BCUT2D eigenvalue weighted by molar-refractivity contribution is 0.0385. The molecule has 0 spiro atoms. The molecule has 4 nitrogen and oxygen atoms in total. The topological polar surface area (TPSA) is 52.6 Å². The Morgan fingerprint density at radius 1 is 0.769 bits per heavy atom. The van der Waals surface area contributed by atoms with E-state index in [9.17, 15) is 9.59 Å². The Hall–Kier alpha value is -2.62. The minimum atomic E-state index is -0.515. The van der Waals surface area contributed by atoms with Crippen molar-refractivity contribution in [3.63, 3.8) is 0 Å². The molecule has 2 aromatic rings. The lowest BCUT2D eigenvalue weighted by Gasteiger charge is -2.21. The lowest BCUT2D eigenvalue weighted by Crippen LogP contribution is -2.19. The Labute approximate surface area is 154 Å². The van der Waals surface area contributed by atoms with Gasteiger partial charge >= 0.3 is 11.9 Å². The molecule has 0 unspecified atom stereocenters. The molecule has 0 saturated heterocycles. The average molecular weight is 352 g/mol.